The molecular formula is C44H29NO. The molecule has 0 atom stereocenters. The summed E-state index contributed by atoms with van der Waals surface area (Å²) in [5, 5.41) is 7.18. The predicted molar refractivity (Wildman–Crippen MR) is 194 cm³/mol. The molecule has 46 heavy (non-hydrogen) atoms. The van der Waals surface area contributed by atoms with E-state index in [0.29, 0.717) is 0 Å². The van der Waals surface area contributed by atoms with E-state index in [-0.39, 0.29) is 0 Å². The molecule has 0 N–H and O–H groups in total. The molecule has 0 saturated heterocycles. The summed E-state index contributed by atoms with van der Waals surface area (Å²) in [5.41, 5.74) is 9.89. The van der Waals surface area contributed by atoms with E-state index in [9.17, 15) is 0 Å². The summed E-state index contributed by atoms with van der Waals surface area (Å²) >= 11 is 0. The van der Waals surface area contributed by atoms with Gasteiger partial charge in [-0.1, -0.05) is 127 Å². The van der Waals surface area contributed by atoms with Crippen molar-refractivity contribution < 1.29 is 4.42 Å². The van der Waals surface area contributed by atoms with Crippen LogP contribution < -0.4 is 4.90 Å². The minimum atomic E-state index is 0.906. The van der Waals surface area contributed by atoms with E-state index in [0.717, 1.165) is 50.1 Å². The summed E-state index contributed by atoms with van der Waals surface area (Å²) in [6, 6.07) is 62.9. The minimum absolute atomic E-state index is 0.906. The second kappa shape index (κ2) is 10.8. The lowest BCUT2D eigenvalue weighted by atomic mass is 9.97. The first-order valence-corrected chi connectivity index (χ1v) is 15.7. The number of furan rings is 1. The van der Waals surface area contributed by atoms with E-state index < -0.39 is 0 Å². The number of nitrogens with zero attached hydrogens (tertiary/aromatic N) is 1. The molecule has 9 aromatic rings. The zero-order valence-electron chi connectivity index (χ0n) is 25.1. The zero-order valence-corrected chi connectivity index (χ0v) is 25.1. The Morgan fingerprint density at radius 2 is 0.913 bits per heavy atom. The summed E-state index contributed by atoms with van der Waals surface area (Å²) in [5.74, 6) is 0. The second-order valence-corrected chi connectivity index (χ2v) is 11.8. The molecule has 1 heterocycles. The fourth-order valence-corrected chi connectivity index (χ4v) is 6.85. The molecule has 0 amide bonds. The highest BCUT2D eigenvalue weighted by atomic mass is 16.3. The summed E-state index contributed by atoms with van der Waals surface area (Å²) in [7, 11) is 0. The van der Waals surface area contributed by atoms with Gasteiger partial charge in [-0.25, -0.2) is 0 Å². The van der Waals surface area contributed by atoms with Crippen LogP contribution in [0.25, 0.3) is 65.7 Å². The second-order valence-electron chi connectivity index (χ2n) is 11.8. The Bertz CT molecular complexity index is 2550. The van der Waals surface area contributed by atoms with Gasteiger partial charge in [-0.3, -0.25) is 0 Å². The molecule has 2 heteroatoms. The van der Waals surface area contributed by atoms with Gasteiger partial charge in [-0.15, -0.1) is 0 Å². The topological polar surface area (TPSA) is 16.4 Å². The van der Waals surface area contributed by atoms with Crippen LogP contribution in [0.4, 0.5) is 17.1 Å². The first-order valence-electron chi connectivity index (χ1n) is 15.7. The Balaban J connectivity index is 1.23. The maximum absolute atomic E-state index is 6.13. The molecule has 1 aromatic heterocycles. The van der Waals surface area contributed by atoms with Gasteiger partial charge in [0.05, 0.1) is 5.69 Å². The highest BCUT2D eigenvalue weighted by Crippen LogP contribution is 2.42. The van der Waals surface area contributed by atoms with Crippen molar-refractivity contribution in [3.8, 4) is 22.3 Å². The van der Waals surface area contributed by atoms with E-state index in [2.05, 4.69) is 169 Å². The van der Waals surface area contributed by atoms with Crippen molar-refractivity contribution in [2.45, 2.75) is 0 Å². The van der Waals surface area contributed by atoms with Crippen LogP contribution in [0.2, 0.25) is 0 Å². The van der Waals surface area contributed by atoms with Crippen molar-refractivity contribution in [3.05, 3.63) is 176 Å². The van der Waals surface area contributed by atoms with Crippen LogP contribution in [-0.2, 0) is 0 Å². The molecule has 0 bridgehead atoms. The van der Waals surface area contributed by atoms with Crippen LogP contribution in [0.5, 0.6) is 0 Å². The Morgan fingerprint density at radius 3 is 1.74 bits per heavy atom. The predicted octanol–water partition coefficient (Wildman–Crippen LogP) is 12.7. The molecule has 8 aromatic carbocycles. The number of hydrogen-bond donors (Lipinski definition) is 0. The Hall–Kier alpha value is -6.12. The van der Waals surface area contributed by atoms with E-state index in [1.54, 1.807) is 0 Å². The quantitative estimate of drug-likeness (QED) is 0.199. The first-order chi connectivity index (χ1) is 22.8. The monoisotopic (exact) mass is 587 g/mol. The van der Waals surface area contributed by atoms with E-state index in [4.69, 9.17) is 4.42 Å². The Kier molecular flexibility index (Phi) is 6.17. The third kappa shape index (κ3) is 4.43. The van der Waals surface area contributed by atoms with Gasteiger partial charge in [0.15, 0.2) is 0 Å². The maximum atomic E-state index is 6.13. The van der Waals surface area contributed by atoms with Gasteiger partial charge in [-0.05, 0) is 86.9 Å². The minimum Gasteiger partial charge on any atom is -0.456 e. The lowest BCUT2D eigenvalue weighted by Gasteiger charge is -2.28. The largest absolute Gasteiger partial charge is 0.456 e. The molecule has 0 saturated carbocycles. The fourth-order valence-electron chi connectivity index (χ4n) is 6.85. The van der Waals surface area contributed by atoms with Gasteiger partial charge < -0.3 is 9.32 Å². The molecule has 0 aliphatic carbocycles. The summed E-state index contributed by atoms with van der Waals surface area (Å²) in [6.07, 6.45) is 0. The molecule has 216 valence electrons. The summed E-state index contributed by atoms with van der Waals surface area (Å²) in [4.78, 5) is 2.40. The lowest BCUT2D eigenvalue weighted by molar-refractivity contribution is 0.669. The van der Waals surface area contributed by atoms with Gasteiger partial charge in [-0.2, -0.15) is 0 Å². The standard InChI is InChI=1S/C44H29NO/c1-3-19-37-30(11-1)13-9-22-38(37)34-16-8-18-36(28-34)45(42-23-10-14-31-12-2-4-20-39(31)42)35-17-7-15-32(27-35)33-25-26-44-41(29-33)40-21-5-6-24-43(40)46-44/h1-29H. The molecular weight excluding hydrogens is 558 g/mol. The van der Waals surface area contributed by atoms with Gasteiger partial charge in [0.1, 0.15) is 11.2 Å². The smallest absolute Gasteiger partial charge is 0.135 e. The van der Waals surface area contributed by atoms with Crippen molar-refractivity contribution >= 4 is 60.5 Å². The van der Waals surface area contributed by atoms with Crippen molar-refractivity contribution in [1.82, 2.24) is 0 Å². The van der Waals surface area contributed by atoms with Gasteiger partial charge in [0.2, 0.25) is 0 Å². The fraction of sp³-hybridized carbons (Fsp3) is 0. The number of benzene rings is 8. The average molecular weight is 588 g/mol. The van der Waals surface area contributed by atoms with E-state index >= 15 is 0 Å². The molecule has 0 aliphatic rings. The van der Waals surface area contributed by atoms with Gasteiger partial charge in [0.25, 0.3) is 0 Å². The molecule has 0 fully saturated rings. The number of fused-ring (bicyclic) bond motifs is 5. The van der Waals surface area contributed by atoms with E-state index in [1.807, 2.05) is 12.1 Å². The Labute approximate surface area is 267 Å². The maximum Gasteiger partial charge on any atom is 0.135 e. The molecule has 2 nitrogen and oxygen atoms in total. The highest BCUT2D eigenvalue weighted by Gasteiger charge is 2.18. The number of para-hydroxylation sites is 1. The number of anilines is 3. The summed E-state index contributed by atoms with van der Waals surface area (Å²) < 4.78 is 6.13. The van der Waals surface area contributed by atoms with E-state index in [1.165, 1.54) is 32.7 Å². The number of rotatable bonds is 5. The molecule has 0 unspecified atom stereocenters. The highest BCUT2D eigenvalue weighted by molar-refractivity contribution is 6.06. The third-order valence-corrected chi connectivity index (χ3v) is 9.03. The van der Waals surface area contributed by atoms with Gasteiger partial charge in [0, 0.05) is 27.5 Å². The molecule has 0 aliphatic heterocycles. The summed E-state index contributed by atoms with van der Waals surface area (Å²) in [6.45, 7) is 0. The zero-order chi connectivity index (χ0) is 30.5. The van der Waals surface area contributed by atoms with Crippen molar-refractivity contribution in [2.75, 3.05) is 4.90 Å². The first kappa shape index (κ1) is 26.3. The normalized spacial score (nSPS) is 11.5. The molecule has 0 radical (unpaired) electrons. The third-order valence-electron chi connectivity index (χ3n) is 9.03. The molecule has 0 spiro atoms. The van der Waals surface area contributed by atoms with Crippen LogP contribution in [0, 0.1) is 0 Å². The Morgan fingerprint density at radius 1 is 0.348 bits per heavy atom. The van der Waals surface area contributed by atoms with Crippen LogP contribution in [0.15, 0.2) is 180 Å². The molecule has 9 rings (SSSR count). The van der Waals surface area contributed by atoms with Crippen LogP contribution in [0.1, 0.15) is 0 Å². The van der Waals surface area contributed by atoms with Crippen LogP contribution in [-0.4, -0.2) is 0 Å². The van der Waals surface area contributed by atoms with Crippen LogP contribution >= 0.6 is 0 Å². The van der Waals surface area contributed by atoms with Crippen LogP contribution in [0.3, 0.4) is 0 Å². The van der Waals surface area contributed by atoms with Gasteiger partial charge >= 0.3 is 0 Å². The van der Waals surface area contributed by atoms with Crippen molar-refractivity contribution in [2.24, 2.45) is 0 Å². The van der Waals surface area contributed by atoms with Crippen molar-refractivity contribution in [3.63, 3.8) is 0 Å². The number of hydrogen-bond acceptors (Lipinski definition) is 2. The average Bonchev–Trinajstić information content (AvgIpc) is 3.50. The lowest BCUT2D eigenvalue weighted by Crippen LogP contribution is -2.10. The van der Waals surface area contributed by atoms with Crippen molar-refractivity contribution in [1.29, 1.82) is 0 Å². The SMILES string of the molecule is c1cc(-c2ccc3oc4ccccc4c3c2)cc(N(c2cccc(-c3cccc4ccccc34)c2)c2cccc3ccccc23)c1.